The number of likely N-dealkylation sites (N-methyl/N-ethyl adjacent to an activating group) is 1. The zero-order chi connectivity index (χ0) is 23.6. The lowest BCUT2D eigenvalue weighted by Gasteiger charge is -2.28. The van der Waals surface area contributed by atoms with Crippen molar-refractivity contribution in [3.8, 4) is 11.5 Å². The maximum absolute atomic E-state index is 10.5. The van der Waals surface area contributed by atoms with Gasteiger partial charge in [0.1, 0.15) is 12.7 Å². The molecule has 178 valence electrons. The Morgan fingerprint density at radius 3 is 2.38 bits per heavy atom. The fourth-order valence-corrected chi connectivity index (χ4v) is 3.96. The summed E-state index contributed by atoms with van der Waals surface area (Å²) in [6.45, 7) is 8.73. The van der Waals surface area contributed by atoms with Crippen LogP contribution in [0.1, 0.15) is 25.0 Å². The first-order valence-corrected chi connectivity index (χ1v) is 11.2. The second-order valence-electron chi connectivity index (χ2n) is 9.64. The minimum Gasteiger partial charge on any atom is -0.493 e. The summed E-state index contributed by atoms with van der Waals surface area (Å²) in [7, 11) is 7.83. The van der Waals surface area contributed by atoms with Crippen molar-refractivity contribution in [2.75, 3.05) is 54.5 Å². The molecule has 1 atom stereocenters. The predicted octanol–water partition coefficient (Wildman–Crippen LogP) is 3.24. The number of aliphatic hydroxyl groups excluding tert-OH is 1. The molecule has 0 unspecified atom stereocenters. The highest BCUT2D eigenvalue weighted by molar-refractivity contribution is 5.43. The molecule has 0 aromatic heterocycles. The maximum Gasteiger partial charge on any atom is 0.161 e. The van der Waals surface area contributed by atoms with Crippen LogP contribution in [0.15, 0.2) is 48.5 Å². The normalized spacial score (nSPS) is 12.9. The van der Waals surface area contributed by atoms with E-state index in [0.717, 1.165) is 31.7 Å². The van der Waals surface area contributed by atoms with E-state index in [1.807, 2.05) is 43.4 Å². The lowest BCUT2D eigenvalue weighted by atomic mass is 9.93. The molecule has 2 aromatic carbocycles. The Bertz CT molecular complexity index is 796. The monoisotopic (exact) mass is 443 g/mol. The quantitative estimate of drug-likeness (QED) is 0.468. The van der Waals surface area contributed by atoms with Crippen molar-refractivity contribution in [1.29, 1.82) is 0 Å². The van der Waals surface area contributed by atoms with E-state index >= 15 is 0 Å². The van der Waals surface area contributed by atoms with E-state index in [-0.39, 0.29) is 12.0 Å². The van der Waals surface area contributed by atoms with Crippen LogP contribution in [0.25, 0.3) is 0 Å². The van der Waals surface area contributed by atoms with Gasteiger partial charge >= 0.3 is 0 Å². The van der Waals surface area contributed by atoms with Gasteiger partial charge in [0.05, 0.1) is 7.11 Å². The fourth-order valence-electron chi connectivity index (χ4n) is 3.96. The van der Waals surface area contributed by atoms with Crippen LogP contribution >= 0.6 is 0 Å². The van der Waals surface area contributed by atoms with Gasteiger partial charge in [0.25, 0.3) is 0 Å². The fraction of sp³-hybridized carbons (Fsp3) is 0.538. The molecular weight excluding hydrogens is 402 g/mol. The number of hydrogen-bond acceptors (Lipinski definition) is 6. The summed E-state index contributed by atoms with van der Waals surface area (Å²) < 4.78 is 11.4. The van der Waals surface area contributed by atoms with E-state index in [0.29, 0.717) is 18.0 Å². The largest absolute Gasteiger partial charge is 0.493 e. The van der Waals surface area contributed by atoms with Crippen LogP contribution < -0.4 is 14.8 Å². The number of ether oxygens (including phenoxy) is 2. The van der Waals surface area contributed by atoms with Crippen molar-refractivity contribution in [3.05, 3.63) is 59.7 Å². The number of nitrogens with one attached hydrogen (secondary N) is 1. The van der Waals surface area contributed by atoms with Gasteiger partial charge in [-0.3, -0.25) is 4.90 Å². The summed E-state index contributed by atoms with van der Waals surface area (Å²) in [6, 6.07) is 16.2. The number of rotatable bonds is 14. The lowest BCUT2D eigenvalue weighted by Crippen LogP contribution is -2.37. The minimum atomic E-state index is -0.595. The summed E-state index contributed by atoms with van der Waals surface area (Å²) >= 11 is 0. The molecule has 0 aliphatic rings. The molecule has 0 spiro atoms. The van der Waals surface area contributed by atoms with Crippen molar-refractivity contribution in [2.45, 2.75) is 33.0 Å². The Kier molecular flexibility index (Phi) is 10.5. The third-order valence-electron chi connectivity index (χ3n) is 5.15. The number of nitrogens with zero attached hydrogens (tertiary/aromatic N) is 2. The number of benzene rings is 2. The van der Waals surface area contributed by atoms with Crippen LogP contribution in [0.5, 0.6) is 11.5 Å². The van der Waals surface area contributed by atoms with Crippen molar-refractivity contribution in [3.63, 3.8) is 0 Å². The molecule has 32 heavy (non-hydrogen) atoms. The van der Waals surface area contributed by atoms with E-state index in [2.05, 4.69) is 55.2 Å². The molecule has 0 saturated carbocycles. The second-order valence-corrected chi connectivity index (χ2v) is 9.64. The summed E-state index contributed by atoms with van der Waals surface area (Å²) in [5.74, 6) is 1.33. The Hall–Kier alpha value is -2.12. The van der Waals surface area contributed by atoms with Gasteiger partial charge in [0.15, 0.2) is 11.5 Å². The maximum atomic E-state index is 10.5. The highest BCUT2D eigenvalue weighted by atomic mass is 16.5. The standard InChI is InChI=1S/C26H41N3O3/c1-26(2,20-28(3)4)19-27-15-22-12-13-24(31-6)25(14-22)32-18-23(30)17-29(5)16-21-10-8-7-9-11-21/h7-14,23,27,30H,15-20H2,1-6H3/t23-/m0/s1. The molecule has 2 rings (SSSR count). The minimum absolute atomic E-state index is 0.186. The third kappa shape index (κ3) is 9.57. The molecule has 2 N–H and O–H groups in total. The molecular formula is C26H41N3O3. The first-order valence-electron chi connectivity index (χ1n) is 11.2. The van der Waals surface area contributed by atoms with Gasteiger partial charge in [0.2, 0.25) is 0 Å². The summed E-state index contributed by atoms with van der Waals surface area (Å²) in [5, 5.41) is 14.0. The molecule has 0 aliphatic heterocycles. The second kappa shape index (κ2) is 12.8. The van der Waals surface area contributed by atoms with Crippen LogP contribution in [0.4, 0.5) is 0 Å². The summed E-state index contributed by atoms with van der Waals surface area (Å²) in [5.41, 5.74) is 2.53. The van der Waals surface area contributed by atoms with Gasteiger partial charge in [0, 0.05) is 32.7 Å². The van der Waals surface area contributed by atoms with E-state index in [4.69, 9.17) is 9.47 Å². The lowest BCUT2D eigenvalue weighted by molar-refractivity contribution is 0.0732. The van der Waals surface area contributed by atoms with Gasteiger partial charge in [-0.2, -0.15) is 0 Å². The van der Waals surface area contributed by atoms with Gasteiger partial charge in [-0.1, -0.05) is 50.2 Å². The smallest absolute Gasteiger partial charge is 0.161 e. The topological polar surface area (TPSA) is 57.2 Å². The molecule has 6 heteroatoms. The van der Waals surface area contributed by atoms with Crippen molar-refractivity contribution >= 4 is 0 Å². The Morgan fingerprint density at radius 2 is 1.72 bits per heavy atom. The molecule has 0 radical (unpaired) electrons. The van der Waals surface area contributed by atoms with Crippen molar-refractivity contribution < 1.29 is 14.6 Å². The van der Waals surface area contributed by atoms with E-state index in [1.54, 1.807) is 7.11 Å². The first kappa shape index (κ1) is 26.1. The van der Waals surface area contributed by atoms with Crippen LogP contribution in [0, 0.1) is 5.41 Å². The molecule has 0 amide bonds. The zero-order valence-electron chi connectivity index (χ0n) is 20.6. The van der Waals surface area contributed by atoms with E-state index < -0.39 is 6.10 Å². The number of methoxy groups -OCH3 is 1. The number of aliphatic hydroxyl groups is 1. The summed E-state index contributed by atoms with van der Waals surface area (Å²) in [4.78, 5) is 4.31. The average molecular weight is 444 g/mol. The SMILES string of the molecule is COc1ccc(CNCC(C)(C)CN(C)C)cc1OC[C@@H](O)CN(C)Cc1ccccc1. The van der Waals surface area contributed by atoms with Gasteiger partial charge in [-0.05, 0) is 49.8 Å². The van der Waals surface area contributed by atoms with Crippen LogP contribution in [0.2, 0.25) is 0 Å². The summed E-state index contributed by atoms with van der Waals surface area (Å²) in [6.07, 6.45) is -0.595. The van der Waals surface area contributed by atoms with Crippen LogP contribution in [-0.4, -0.2) is 75.5 Å². The van der Waals surface area contributed by atoms with Crippen molar-refractivity contribution in [2.24, 2.45) is 5.41 Å². The van der Waals surface area contributed by atoms with E-state index in [1.165, 1.54) is 5.56 Å². The zero-order valence-corrected chi connectivity index (χ0v) is 20.6. The highest BCUT2D eigenvalue weighted by Crippen LogP contribution is 2.28. The molecule has 2 aromatic rings. The van der Waals surface area contributed by atoms with Crippen molar-refractivity contribution in [1.82, 2.24) is 15.1 Å². The third-order valence-corrected chi connectivity index (χ3v) is 5.15. The molecule has 0 heterocycles. The predicted molar refractivity (Wildman–Crippen MR) is 131 cm³/mol. The van der Waals surface area contributed by atoms with E-state index in [9.17, 15) is 5.11 Å². The van der Waals surface area contributed by atoms with Crippen LogP contribution in [-0.2, 0) is 13.1 Å². The average Bonchev–Trinajstić information content (AvgIpc) is 2.72. The van der Waals surface area contributed by atoms with Gasteiger partial charge in [-0.25, -0.2) is 0 Å². The van der Waals surface area contributed by atoms with Crippen LogP contribution in [0.3, 0.4) is 0 Å². The number of hydrogen-bond donors (Lipinski definition) is 2. The molecule has 0 bridgehead atoms. The van der Waals surface area contributed by atoms with Gasteiger partial charge in [-0.15, -0.1) is 0 Å². The molecule has 0 saturated heterocycles. The molecule has 0 aliphatic carbocycles. The Morgan fingerprint density at radius 1 is 1.00 bits per heavy atom. The Labute approximate surface area is 194 Å². The Balaban J connectivity index is 1.86. The molecule has 0 fully saturated rings. The van der Waals surface area contributed by atoms with Gasteiger partial charge < -0.3 is 24.8 Å². The highest BCUT2D eigenvalue weighted by Gasteiger charge is 2.18. The molecule has 6 nitrogen and oxygen atoms in total. The first-order chi connectivity index (χ1) is 15.2.